The maximum Gasteiger partial charge on any atom is 0.392 e. The highest BCUT2D eigenvalue weighted by Gasteiger charge is 2.42. The SMILES string of the molecule is CCOC(=O)CC(CC(=NS(=O)C(C)(C)C)c1cc(Br)ccc1F)C(F)(F)F. The number of benzene rings is 1. The molecule has 28 heavy (non-hydrogen) atoms. The molecular weight excluding hydrogens is 466 g/mol. The number of alkyl halides is 3. The van der Waals surface area contributed by atoms with Crippen molar-refractivity contribution in [2.24, 2.45) is 10.3 Å². The van der Waals surface area contributed by atoms with E-state index in [1.807, 2.05) is 0 Å². The summed E-state index contributed by atoms with van der Waals surface area (Å²) in [6.45, 7) is 6.22. The third kappa shape index (κ3) is 7.62. The zero-order chi connectivity index (χ0) is 21.7. The summed E-state index contributed by atoms with van der Waals surface area (Å²) in [5.74, 6) is -3.97. The van der Waals surface area contributed by atoms with E-state index in [9.17, 15) is 26.6 Å². The number of hydrogen-bond donors (Lipinski definition) is 0. The van der Waals surface area contributed by atoms with Crippen LogP contribution in [0.15, 0.2) is 27.1 Å². The summed E-state index contributed by atoms with van der Waals surface area (Å²) < 4.78 is 75.3. The minimum Gasteiger partial charge on any atom is -0.466 e. The smallest absolute Gasteiger partial charge is 0.392 e. The van der Waals surface area contributed by atoms with E-state index in [0.717, 1.165) is 6.07 Å². The Morgan fingerprint density at radius 2 is 1.86 bits per heavy atom. The maximum atomic E-state index is 14.3. The highest BCUT2D eigenvalue weighted by Crippen LogP contribution is 2.34. The van der Waals surface area contributed by atoms with Crippen molar-refractivity contribution in [3.05, 3.63) is 34.1 Å². The van der Waals surface area contributed by atoms with Crippen LogP contribution in [0.25, 0.3) is 0 Å². The zero-order valence-electron chi connectivity index (χ0n) is 15.9. The molecule has 1 aromatic rings. The molecule has 0 fully saturated rings. The van der Waals surface area contributed by atoms with Gasteiger partial charge < -0.3 is 4.74 Å². The van der Waals surface area contributed by atoms with Gasteiger partial charge in [0.15, 0.2) is 0 Å². The van der Waals surface area contributed by atoms with Crippen molar-refractivity contribution >= 4 is 38.6 Å². The Morgan fingerprint density at radius 3 is 2.36 bits per heavy atom. The Balaban J connectivity index is 3.41. The van der Waals surface area contributed by atoms with Crippen molar-refractivity contribution in [2.45, 2.75) is 51.5 Å². The Labute approximate surface area is 172 Å². The molecule has 0 N–H and O–H groups in total. The first-order valence-corrected chi connectivity index (χ1v) is 10.3. The van der Waals surface area contributed by atoms with Gasteiger partial charge in [-0.25, -0.2) is 8.60 Å². The van der Waals surface area contributed by atoms with E-state index in [4.69, 9.17) is 0 Å². The lowest BCUT2D eigenvalue weighted by atomic mass is 9.94. The number of ether oxygens (including phenoxy) is 1. The number of esters is 1. The summed E-state index contributed by atoms with van der Waals surface area (Å²) in [7, 11) is -1.92. The Hall–Kier alpha value is -1.29. The fourth-order valence-corrected chi connectivity index (χ4v) is 3.12. The molecule has 0 spiro atoms. The van der Waals surface area contributed by atoms with Crippen LogP contribution < -0.4 is 0 Å². The molecule has 0 amide bonds. The van der Waals surface area contributed by atoms with E-state index >= 15 is 0 Å². The lowest BCUT2D eigenvalue weighted by Crippen LogP contribution is -2.30. The van der Waals surface area contributed by atoms with E-state index in [1.165, 1.54) is 19.1 Å². The van der Waals surface area contributed by atoms with Crippen LogP contribution in [0.5, 0.6) is 0 Å². The highest BCUT2D eigenvalue weighted by molar-refractivity contribution is 9.10. The number of carbonyl (C=O) groups is 1. The standard InChI is InChI=1S/C18H22BrF4NO3S/c1-5-27-16(25)9-11(18(21,22)23)8-15(24-28(26)17(2,3)4)13-10-12(19)6-7-14(13)20/h6-7,10-11H,5,8-9H2,1-4H3. The number of halogens is 5. The summed E-state index contributed by atoms with van der Waals surface area (Å²) in [6, 6.07) is 3.73. The summed E-state index contributed by atoms with van der Waals surface area (Å²) in [4.78, 5) is 11.6. The molecule has 0 saturated carbocycles. The van der Waals surface area contributed by atoms with Crippen molar-refractivity contribution in [3.8, 4) is 0 Å². The molecule has 4 nitrogen and oxygen atoms in total. The van der Waals surface area contributed by atoms with E-state index in [1.54, 1.807) is 20.8 Å². The predicted octanol–water partition coefficient (Wildman–Crippen LogP) is 5.36. The molecule has 0 aliphatic heterocycles. The molecule has 2 unspecified atom stereocenters. The molecule has 158 valence electrons. The van der Waals surface area contributed by atoms with E-state index in [2.05, 4.69) is 25.1 Å². The van der Waals surface area contributed by atoms with Gasteiger partial charge in [-0.3, -0.25) is 4.79 Å². The second-order valence-electron chi connectivity index (χ2n) is 6.98. The molecular formula is C18H22BrF4NO3S. The molecule has 0 aliphatic rings. The van der Waals surface area contributed by atoms with Gasteiger partial charge in [0.1, 0.15) is 16.8 Å². The minimum atomic E-state index is -4.75. The van der Waals surface area contributed by atoms with Gasteiger partial charge in [-0.1, -0.05) is 15.9 Å². The van der Waals surface area contributed by atoms with Gasteiger partial charge >= 0.3 is 12.1 Å². The van der Waals surface area contributed by atoms with E-state index in [0.29, 0.717) is 4.47 Å². The van der Waals surface area contributed by atoms with Crippen LogP contribution in [0, 0.1) is 11.7 Å². The summed E-state index contributed by atoms with van der Waals surface area (Å²) >= 11 is 3.14. The highest BCUT2D eigenvalue weighted by atomic mass is 79.9. The topological polar surface area (TPSA) is 55.7 Å². The van der Waals surface area contributed by atoms with Crippen molar-refractivity contribution in [2.75, 3.05) is 6.61 Å². The Bertz CT molecular complexity index is 760. The second kappa shape index (κ2) is 9.96. The average Bonchev–Trinajstić information content (AvgIpc) is 2.54. The third-order valence-corrected chi connectivity index (χ3v) is 5.50. The fourth-order valence-electron chi connectivity index (χ4n) is 2.11. The minimum absolute atomic E-state index is 0.0569. The fraction of sp³-hybridized carbons (Fsp3) is 0.556. The molecule has 10 heteroatoms. The van der Waals surface area contributed by atoms with Crippen molar-refractivity contribution in [1.82, 2.24) is 0 Å². The number of nitrogens with zero attached hydrogens (tertiary/aromatic N) is 1. The largest absolute Gasteiger partial charge is 0.466 e. The molecule has 0 aromatic heterocycles. The molecule has 1 aromatic carbocycles. The van der Waals surface area contributed by atoms with Crippen LogP contribution in [-0.4, -0.2) is 33.4 Å². The Kier molecular flexibility index (Phi) is 8.80. The summed E-state index contributed by atoms with van der Waals surface area (Å²) in [6.07, 6.45) is -6.50. The van der Waals surface area contributed by atoms with Gasteiger partial charge in [-0.2, -0.15) is 17.6 Å². The monoisotopic (exact) mass is 487 g/mol. The van der Waals surface area contributed by atoms with Crippen LogP contribution in [0.3, 0.4) is 0 Å². The molecule has 0 bridgehead atoms. The number of hydrogen-bond acceptors (Lipinski definition) is 3. The number of carbonyl (C=O) groups excluding carboxylic acids is 1. The van der Waals surface area contributed by atoms with Crippen molar-refractivity contribution in [3.63, 3.8) is 0 Å². The van der Waals surface area contributed by atoms with Crippen molar-refractivity contribution < 1.29 is 31.3 Å². The van der Waals surface area contributed by atoms with Gasteiger partial charge in [0.05, 0.1) is 29.4 Å². The van der Waals surface area contributed by atoms with Crippen LogP contribution in [0.4, 0.5) is 17.6 Å². The van der Waals surface area contributed by atoms with Gasteiger partial charge in [0.2, 0.25) is 0 Å². The van der Waals surface area contributed by atoms with E-state index < -0.39 is 52.5 Å². The molecule has 2 atom stereocenters. The normalized spacial score (nSPS) is 15.2. The van der Waals surface area contributed by atoms with Crippen LogP contribution in [-0.2, 0) is 20.5 Å². The van der Waals surface area contributed by atoms with Gasteiger partial charge in [0.25, 0.3) is 0 Å². The van der Waals surface area contributed by atoms with Gasteiger partial charge in [-0.15, -0.1) is 0 Å². The first kappa shape index (κ1) is 24.7. The third-order valence-electron chi connectivity index (χ3n) is 3.58. The predicted molar refractivity (Wildman–Crippen MR) is 104 cm³/mol. The average molecular weight is 488 g/mol. The van der Waals surface area contributed by atoms with Crippen molar-refractivity contribution in [1.29, 1.82) is 0 Å². The first-order chi connectivity index (χ1) is 12.8. The lowest BCUT2D eigenvalue weighted by Gasteiger charge is -2.22. The summed E-state index contributed by atoms with van der Waals surface area (Å²) in [5, 5.41) is 0. The molecule has 0 heterocycles. The first-order valence-electron chi connectivity index (χ1n) is 8.43. The molecule has 0 aliphatic carbocycles. The van der Waals surface area contributed by atoms with Crippen LogP contribution >= 0.6 is 15.9 Å². The quantitative estimate of drug-likeness (QED) is 0.295. The zero-order valence-corrected chi connectivity index (χ0v) is 18.3. The molecule has 0 saturated heterocycles. The van der Waals surface area contributed by atoms with Crippen LogP contribution in [0.1, 0.15) is 46.1 Å². The maximum absolute atomic E-state index is 14.3. The van der Waals surface area contributed by atoms with Gasteiger partial charge in [0, 0.05) is 16.5 Å². The molecule has 1 rings (SSSR count). The second-order valence-corrected chi connectivity index (χ2v) is 9.80. The Morgan fingerprint density at radius 1 is 1.25 bits per heavy atom. The van der Waals surface area contributed by atoms with Gasteiger partial charge in [-0.05, 0) is 45.9 Å². The molecule has 0 radical (unpaired) electrons. The summed E-state index contributed by atoms with van der Waals surface area (Å²) in [5.41, 5.74) is -0.524. The number of rotatable bonds is 7. The van der Waals surface area contributed by atoms with Crippen LogP contribution in [0.2, 0.25) is 0 Å². The lowest BCUT2D eigenvalue weighted by molar-refractivity contribution is -0.182. The van der Waals surface area contributed by atoms with E-state index in [-0.39, 0.29) is 17.9 Å².